The molecule has 3 rings (SSSR count). The number of rotatable bonds is 0. The quantitative estimate of drug-likeness (QED) is 0.526. The average molecular weight is 236 g/mol. The van der Waals surface area contributed by atoms with Gasteiger partial charge in [0.05, 0.1) is 0 Å². The zero-order valence-corrected chi connectivity index (χ0v) is 11.9. The maximum atomic E-state index is 2.36. The molecule has 0 radical (unpaired) electrons. The lowest BCUT2D eigenvalue weighted by molar-refractivity contribution is 1.17. The van der Waals surface area contributed by atoms with Crippen molar-refractivity contribution in [2.45, 2.75) is 41.0 Å². The molecular weight excluding hydrogens is 216 g/mol. The van der Waals surface area contributed by atoms with Crippen molar-refractivity contribution < 1.29 is 0 Å². The molecule has 0 heteroatoms. The summed E-state index contributed by atoms with van der Waals surface area (Å²) < 4.78 is 0. The molecule has 0 amide bonds. The molecule has 0 nitrogen and oxygen atoms in total. The van der Waals surface area contributed by atoms with Crippen LogP contribution in [0.15, 0.2) is 18.2 Å². The molecule has 92 valence electrons. The number of hydrogen-bond acceptors (Lipinski definition) is 0. The fourth-order valence-corrected chi connectivity index (χ4v) is 3.48. The highest BCUT2D eigenvalue weighted by Crippen LogP contribution is 2.43. The van der Waals surface area contributed by atoms with Crippen molar-refractivity contribution in [3.05, 3.63) is 57.1 Å². The predicted octanol–water partition coefficient (Wildman–Crippen LogP) is 4.80. The smallest absolute Gasteiger partial charge is 0.00104 e. The predicted molar refractivity (Wildman–Crippen MR) is 78.4 cm³/mol. The van der Waals surface area contributed by atoms with Gasteiger partial charge in [0.2, 0.25) is 0 Å². The Kier molecular flexibility index (Phi) is 2.38. The zero-order valence-electron chi connectivity index (χ0n) is 11.9. The Bertz CT molecular complexity index is 660. The summed E-state index contributed by atoms with van der Waals surface area (Å²) in [5.74, 6) is 0. The molecule has 1 aliphatic carbocycles. The topological polar surface area (TPSA) is 0 Å². The Morgan fingerprint density at radius 2 is 1.39 bits per heavy atom. The zero-order chi connectivity index (χ0) is 13.0. The Morgan fingerprint density at radius 1 is 0.722 bits per heavy atom. The molecule has 0 aromatic heterocycles. The molecule has 0 heterocycles. The van der Waals surface area contributed by atoms with Crippen LogP contribution in [0.2, 0.25) is 0 Å². The van der Waals surface area contributed by atoms with E-state index in [2.05, 4.69) is 52.8 Å². The van der Waals surface area contributed by atoms with Gasteiger partial charge in [0.1, 0.15) is 0 Å². The van der Waals surface area contributed by atoms with Crippen LogP contribution in [0.4, 0.5) is 0 Å². The third-order valence-corrected chi connectivity index (χ3v) is 4.35. The number of benzene rings is 2. The standard InChI is InChI=1S/C18H20/c1-10-6-12(3)17-15(7-10)9-16-14(5)11(2)8-13(4)18(16)17/h6-8H,9H2,1-5H3. The normalized spacial score (nSPS) is 12.5. The summed E-state index contributed by atoms with van der Waals surface area (Å²) >= 11 is 0. The summed E-state index contributed by atoms with van der Waals surface area (Å²) in [6, 6.07) is 7.00. The van der Waals surface area contributed by atoms with Gasteiger partial charge in [-0.15, -0.1) is 0 Å². The molecule has 1 aliphatic rings. The Balaban J connectivity index is 2.39. The maximum absolute atomic E-state index is 2.36. The monoisotopic (exact) mass is 236 g/mol. The van der Waals surface area contributed by atoms with Gasteiger partial charge in [-0.1, -0.05) is 23.8 Å². The lowest BCUT2D eigenvalue weighted by Gasteiger charge is -2.13. The van der Waals surface area contributed by atoms with Gasteiger partial charge in [-0.25, -0.2) is 0 Å². The Morgan fingerprint density at radius 3 is 2.11 bits per heavy atom. The SMILES string of the molecule is Cc1cc(C)c2c(c1)Cc1c(C)c(C)cc(C)c1-2. The van der Waals surface area contributed by atoms with Crippen LogP contribution in [-0.4, -0.2) is 0 Å². The fraction of sp³-hybridized carbons (Fsp3) is 0.333. The van der Waals surface area contributed by atoms with E-state index in [1.165, 1.54) is 44.5 Å². The van der Waals surface area contributed by atoms with Crippen LogP contribution in [0.5, 0.6) is 0 Å². The first-order valence-electron chi connectivity index (χ1n) is 6.69. The largest absolute Gasteiger partial charge is 0.0557 e. The number of fused-ring (bicyclic) bond motifs is 3. The molecule has 18 heavy (non-hydrogen) atoms. The molecule has 0 aliphatic heterocycles. The lowest BCUT2D eigenvalue weighted by Crippen LogP contribution is -1.93. The van der Waals surface area contributed by atoms with Crippen molar-refractivity contribution in [3.8, 4) is 11.1 Å². The van der Waals surface area contributed by atoms with Gasteiger partial charge in [0.15, 0.2) is 0 Å². The third kappa shape index (κ3) is 1.45. The minimum Gasteiger partial charge on any atom is -0.0557 e. The minimum absolute atomic E-state index is 1.11. The molecular formula is C18H20. The molecule has 0 bridgehead atoms. The van der Waals surface area contributed by atoms with Crippen molar-refractivity contribution in [1.29, 1.82) is 0 Å². The second-order valence-electron chi connectivity index (χ2n) is 5.78. The molecule has 0 N–H and O–H groups in total. The average Bonchev–Trinajstić information content (AvgIpc) is 2.65. The van der Waals surface area contributed by atoms with Gasteiger partial charge in [-0.3, -0.25) is 0 Å². The van der Waals surface area contributed by atoms with Crippen LogP contribution in [0, 0.1) is 34.6 Å². The van der Waals surface area contributed by atoms with Gasteiger partial charge in [0, 0.05) is 0 Å². The van der Waals surface area contributed by atoms with Crippen LogP contribution in [0.25, 0.3) is 11.1 Å². The highest BCUT2D eigenvalue weighted by Gasteiger charge is 2.24. The van der Waals surface area contributed by atoms with Crippen molar-refractivity contribution in [2.24, 2.45) is 0 Å². The van der Waals surface area contributed by atoms with Crippen LogP contribution in [0.1, 0.15) is 38.9 Å². The van der Waals surface area contributed by atoms with Gasteiger partial charge in [0.25, 0.3) is 0 Å². The van der Waals surface area contributed by atoms with Crippen LogP contribution in [-0.2, 0) is 6.42 Å². The van der Waals surface area contributed by atoms with Gasteiger partial charge in [-0.05, 0) is 85.5 Å². The van der Waals surface area contributed by atoms with E-state index >= 15 is 0 Å². The summed E-state index contributed by atoms with van der Waals surface area (Å²) in [7, 11) is 0. The molecule has 0 fully saturated rings. The summed E-state index contributed by atoms with van der Waals surface area (Å²) in [6.45, 7) is 11.2. The second-order valence-corrected chi connectivity index (χ2v) is 5.78. The number of hydrogen-bond donors (Lipinski definition) is 0. The van der Waals surface area contributed by atoms with E-state index in [1.807, 2.05) is 0 Å². The van der Waals surface area contributed by atoms with E-state index in [9.17, 15) is 0 Å². The Hall–Kier alpha value is -1.56. The fourth-order valence-electron chi connectivity index (χ4n) is 3.48. The number of aryl methyl sites for hydroxylation is 4. The van der Waals surface area contributed by atoms with E-state index in [4.69, 9.17) is 0 Å². The first-order chi connectivity index (χ1) is 8.49. The first kappa shape index (κ1) is 11.5. The van der Waals surface area contributed by atoms with Crippen LogP contribution < -0.4 is 0 Å². The van der Waals surface area contributed by atoms with Crippen LogP contribution in [0.3, 0.4) is 0 Å². The van der Waals surface area contributed by atoms with Crippen molar-refractivity contribution in [2.75, 3.05) is 0 Å². The Labute approximate surface area is 110 Å². The van der Waals surface area contributed by atoms with Gasteiger partial charge in [-0.2, -0.15) is 0 Å². The van der Waals surface area contributed by atoms with Crippen molar-refractivity contribution in [1.82, 2.24) is 0 Å². The van der Waals surface area contributed by atoms with E-state index in [-0.39, 0.29) is 0 Å². The molecule has 0 atom stereocenters. The van der Waals surface area contributed by atoms with E-state index < -0.39 is 0 Å². The highest BCUT2D eigenvalue weighted by molar-refractivity contribution is 5.83. The molecule has 2 aromatic rings. The molecule has 0 spiro atoms. The van der Waals surface area contributed by atoms with E-state index in [0.717, 1.165) is 6.42 Å². The second kappa shape index (κ2) is 3.71. The maximum Gasteiger partial charge on any atom is -0.00104 e. The highest BCUT2D eigenvalue weighted by atomic mass is 14.3. The van der Waals surface area contributed by atoms with E-state index in [0.29, 0.717) is 0 Å². The van der Waals surface area contributed by atoms with Crippen LogP contribution >= 0.6 is 0 Å². The summed E-state index contributed by atoms with van der Waals surface area (Å²) in [5, 5.41) is 0. The lowest BCUT2D eigenvalue weighted by atomic mass is 9.92. The summed E-state index contributed by atoms with van der Waals surface area (Å²) in [4.78, 5) is 0. The summed E-state index contributed by atoms with van der Waals surface area (Å²) in [5.41, 5.74) is 13.2. The molecule has 0 saturated carbocycles. The van der Waals surface area contributed by atoms with Gasteiger partial charge >= 0.3 is 0 Å². The summed E-state index contributed by atoms with van der Waals surface area (Å²) in [6.07, 6.45) is 1.11. The minimum atomic E-state index is 1.11. The molecule has 2 aromatic carbocycles. The first-order valence-corrected chi connectivity index (χ1v) is 6.69. The van der Waals surface area contributed by atoms with Crippen molar-refractivity contribution in [3.63, 3.8) is 0 Å². The third-order valence-electron chi connectivity index (χ3n) is 4.35. The molecule has 0 unspecified atom stereocenters. The van der Waals surface area contributed by atoms with Gasteiger partial charge < -0.3 is 0 Å². The van der Waals surface area contributed by atoms with Crippen molar-refractivity contribution >= 4 is 0 Å². The van der Waals surface area contributed by atoms with E-state index in [1.54, 1.807) is 5.56 Å². The molecule has 0 saturated heterocycles.